The van der Waals surface area contributed by atoms with Crippen LogP contribution in [0.15, 0.2) is 47.1 Å². The van der Waals surface area contributed by atoms with E-state index in [-0.39, 0.29) is 11.9 Å². The number of fused-ring (bicyclic) bond motifs is 1. The van der Waals surface area contributed by atoms with Crippen molar-refractivity contribution >= 4 is 22.4 Å². The number of carbonyl (C=O) groups is 1. The average Bonchev–Trinajstić information content (AvgIpc) is 3.14. The van der Waals surface area contributed by atoms with Gasteiger partial charge in [0.1, 0.15) is 11.3 Å². The molecule has 3 rings (SSSR count). The fraction of sp³-hybridized carbons (Fsp3) is 0.346. The Morgan fingerprint density at radius 1 is 1.23 bits per heavy atom. The number of benzene rings is 2. The van der Waals surface area contributed by atoms with Crippen molar-refractivity contribution < 1.29 is 18.7 Å². The van der Waals surface area contributed by atoms with Crippen molar-refractivity contribution in [3.63, 3.8) is 0 Å². The molecule has 1 atom stereocenters. The maximum absolute atomic E-state index is 12.5. The lowest BCUT2D eigenvalue weighted by atomic mass is 9.96. The van der Waals surface area contributed by atoms with Gasteiger partial charge in [0.15, 0.2) is 0 Å². The third-order valence-corrected chi connectivity index (χ3v) is 5.27. The molecule has 0 radical (unpaired) electrons. The summed E-state index contributed by atoms with van der Waals surface area (Å²) < 4.78 is 17.0. The lowest BCUT2D eigenvalue weighted by Crippen LogP contribution is -2.34. The van der Waals surface area contributed by atoms with Gasteiger partial charge in [-0.3, -0.25) is 4.79 Å². The van der Waals surface area contributed by atoms with Gasteiger partial charge in [-0.25, -0.2) is 0 Å². The Kier molecular flexibility index (Phi) is 7.18. The summed E-state index contributed by atoms with van der Waals surface area (Å²) in [5.41, 5.74) is 6.75. The van der Waals surface area contributed by atoms with Crippen molar-refractivity contribution in [3.8, 4) is 16.9 Å². The molecule has 0 bridgehead atoms. The number of allylic oxidation sites excluding steroid dienone is 1. The van der Waals surface area contributed by atoms with Crippen LogP contribution in [0.4, 0.5) is 0 Å². The maximum Gasteiger partial charge on any atom is 0.244 e. The molecular weight excluding hydrogens is 390 g/mol. The van der Waals surface area contributed by atoms with Crippen LogP contribution >= 0.6 is 0 Å². The monoisotopic (exact) mass is 421 g/mol. The molecule has 0 aliphatic heterocycles. The number of ether oxygens (including phenoxy) is 2. The van der Waals surface area contributed by atoms with Gasteiger partial charge in [-0.2, -0.15) is 0 Å². The Bertz CT molecular complexity index is 1090. The predicted molar refractivity (Wildman–Crippen MR) is 125 cm³/mol. The Hall–Kier alpha value is -3.05. The second kappa shape index (κ2) is 9.84. The molecule has 31 heavy (non-hydrogen) atoms. The quantitative estimate of drug-likeness (QED) is 0.476. The zero-order valence-corrected chi connectivity index (χ0v) is 19.2. The van der Waals surface area contributed by atoms with E-state index in [1.165, 1.54) is 5.56 Å². The number of methoxy groups -OCH3 is 1. The molecule has 5 nitrogen and oxygen atoms in total. The molecule has 0 fully saturated rings. The van der Waals surface area contributed by atoms with Gasteiger partial charge < -0.3 is 19.2 Å². The summed E-state index contributed by atoms with van der Waals surface area (Å²) in [5.74, 6) is 0.583. The first-order valence-electron chi connectivity index (χ1n) is 10.6. The van der Waals surface area contributed by atoms with Gasteiger partial charge in [-0.15, -0.1) is 0 Å². The summed E-state index contributed by atoms with van der Waals surface area (Å²) in [6.45, 7) is 10.8. The highest BCUT2D eigenvalue weighted by Crippen LogP contribution is 2.40. The van der Waals surface area contributed by atoms with Gasteiger partial charge in [0.05, 0.1) is 19.5 Å². The van der Waals surface area contributed by atoms with E-state index in [2.05, 4.69) is 42.6 Å². The number of carbonyl (C=O) groups excluding carboxylic acids is 1. The molecule has 1 aromatic heterocycles. The van der Waals surface area contributed by atoms with E-state index in [9.17, 15) is 4.79 Å². The molecule has 0 spiro atoms. The summed E-state index contributed by atoms with van der Waals surface area (Å²) in [6.07, 6.45) is 3.40. The van der Waals surface area contributed by atoms with Crippen LogP contribution in [0, 0.1) is 13.8 Å². The molecule has 1 unspecified atom stereocenters. The summed E-state index contributed by atoms with van der Waals surface area (Å²) in [5, 5.41) is 3.92. The second-order valence-corrected chi connectivity index (χ2v) is 7.90. The van der Waals surface area contributed by atoms with Crippen molar-refractivity contribution in [1.29, 1.82) is 0 Å². The summed E-state index contributed by atoms with van der Waals surface area (Å²) >= 11 is 0. The molecule has 0 saturated heterocycles. The smallest absolute Gasteiger partial charge is 0.244 e. The molecule has 2 aromatic carbocycles. The number of aryl methyl sites for hydroxylation is 2. The van der Waals surface area contributed by atoms with E-state index < -0.39 is 0 Å². The van der Waals surface area contributed by atoms with E-state index in [1.807, 2.05) is 27.7 Å². The van der Waals surface area contributed by atoms with Crippen molar-refractivity contribution in [2.24, 2.45) is 0 Å². The molecule has 1 N–H and O–H groups in total. The highest BCUT2D eigenvalue weighted by molar-refractivity contribution is 6.01. The van der Waals surface area contributed by atoms with Crippen molar-refractivity contribution in [1.82, 2.24) is 5.32 Å². The van der Waals surface area contributed by atoms with Gasteiger partial charge in [-0.05, 0) is 51.8 Å². The summed E-state index contributed by atoms with van der Waals surface area (Å²) in [4.78, 5) is 12.5. The second-order valence-electron chi connectivity index (χ2n) is 7.90. The molecule has 1 amide bonds. The van der Waals surface area contributed by atoms with Crippen LogP contribution in [0.3, 0.4) is 0 Å². The van der Waals surface area contributed by atoms with Crippen LogP contribution in [0.1, 0.15) is 37.5 Å². The highest BCUT2D eigenvalue weighted by atomic mass is 16.5. The third kappa shape index (κ3) is 5.00. The molecule has 0 aliphatic carbocycles. The van der Waals surface area contributed by atoms with Gasteiger partial charge in [0, 0.05) is 41.3 Å². The Labute approximate surface area is 184 Å². The highest BCUT2D eigenvalue weighted by Gasteiger charge is 2.19. The first-order chi connectivity index (χ1) is 14.8. The molecule has 5 heteroatoms. The first-order valence-corrected chi connectivity index (χ1v) is 10.6. The minimum absolute atomic E-state index is 0.0702. The summed E-state index contributed by atoms with van der Waals surface area (Å²) in [6, 6.07) is 10.4. The van der Waals surface area contributed by atoms with Gasteiger partial charge >= 0.3 is 0 Å². The molecule has 3 aromatic rings. The van der Waals surface area contributed by atoms with E-state index in [0.29, 0.717) is 13.2 Å². The topological polar surface area (TPSA) is 60.7 Å². The average molecular weight is 422 g/mol. The van der Waals surface area contributed by atoms with Crippen molar-refractivity contribution in [2.45, 2.75) is 40.7 Å². The maximum atomic E-state index is 12.5. The van der Waals surface area contributed by atoms with E-state index >= 15 is 0 Å². The molecule has 0 saturated carbocycles. The number of rotatable bonds is 8. The van der Waals surface area contributed by atoms with Crippen molar-refractivity contribution in [3.05, 3.63) is 59.4 Å². The Morgan fingerprint density at radius 2 is 1.94 bits per heavy atom. The first kappa shape index (κ1) is 22.6. The third-order valence-electron chi connectivity index (χ3n) is 5.27. The molecular formula is C26H31NO4. The van der Waals surface area contributed by atoms with Crippen LogP contribution in [-0.4, -0.2) is 32.3 Å². The van der Waals surface area contributed by atoms with Crippen LogP contribution in [0.25, 0.3) is 27.7 Å². The van der Waals surface area contributed by atoms with Crippen LogP contribution in [0.2, 0.25) is 0 Å². The molecule has 1 heterocycles. The summed E-state index contributed by atoms with van der Waals surface area (Å²) in [7, 11) is 1.62. The number of nitrogens with one attached hydrogen (secondary N) is 1. The largest absolute Gasteiger partial charge is 0.493 e. The van der Waals surface area contributed by atoms with Crippen LogP contribution in [0.5, 0.6) is 5.75 Å². The van der Waals surface area contributed by atoms with Crippen molar-refractivity contribution in [2.75, 3.05) is 20.3 Å². The van der Waals surface area contributed by atoms with E-state index in [1.54, 1.807) is 19.4 Å². The number of hydrogen-bond donors (Lipinski definition) is 1. The standard InChI is InChI=1S/C26H31NO4/c1-7-30-25-19(5)26-22(23(15-31-26)20-10-8-16(2)9-11-20)13-21(25)17(3)12-24(28)27-18(4)14-29-6/h8-13,15,18H,7,14H2,1-6H3,(H,27,28)/b17-12+. The molecule has 164 valence electrons. The Balaban J connectivity index is 2.09. The minimum atomic E-state index is -0.159. The zero-order valence-electron chi connectivity index (χ0n) is 19.2. The number of amides is 1. The number of hydrogen-bond acceptors (Lipinski definition) is 4. The normalized spacial score (nSPS) is 12.8. The van der Waals surface area contributed by atoms with E-state index in [0.717, 1.165) is 44.5 Å². The Morgan fingerprint density at radius 3 is 2.58 bits per heavy atom. The lowest BCUT2D eigenvalue weighted by Gasteiger charge is -2.15. The zero-order chi connectivity index (χ0) is 22.5. The van der Waals surface area contributed by atoms with Crippen LogP contribution in [-0.2, 0) is 9.53 Å². The lowest BCUT2D eigenvalue weighted by molar-refractivity contribution is -0.117. The van der Waals surface area contributed by atoms with Crippen LogP contribution < -0.4 is 10.1 Å². The SMILES string of the molecule is CCOc1c(/C(C)=C/C(=O)NC(C)COC)cc2c(-c3ccc(C)cc3)coc2c1C. The minimum Gasteiger partial charge on any atom is -0.493 e. The fourth-order valence-corrected chi connectivity index (χ4v) is 3.75. The van der Waals surface area contributed by atoms with E-state index in [4.69, 9.17) is 13.9 Å². The number of furan rings is 1. The van der Waals surface area contributed by atoms with Gasteiger partial charge in [0.2, 0.25) is 5.91 Å². The fourth-order valence-electron chi connectivity index (χ4n) is 3.75. The van der Waals surface area contributed by atoms with Gasteiger partial charge in [0.25, 0.3) is 0 Å². The molecule has 0 aliphatic rings. The van der Waals surface area contributed by atoms with Gasteiger partial charge in [-0.1, -0.05) is 29.8 Å². The predicted octanol–water partition coefficient (Wildman–Crippen LogP) is 5.67.